The molecule has 0 aliphatic carbocycles. The van der Waals surface area contributed by atoms with Crippen LogP contribution in [-0.2, 0) is 16.1 Å². The summed E-state index contributed by atoms with van der Waals surface area (Å²) in [7, 11) is 0. The number of phenolic OH excluding ortho intramolecular Hbond substituents is 2. The molecular weight excluding hydrogens is 651 g/mol. The normalized spacial score (nSPS) is 18.5. The van der Waals surface area contributed by atoms with Crippen LogP contribution in [0, 0.1) is 5.82 Å². The van der Waals surface area contributed by atoms with Crippen LogP contribution < -0.4 is 10.2 Å². The van der Waals surface area contributed by atoms with Gasteiger partial charge in [0.15, 0.2) is 0 Å². The number of piperidine rings is 1. The standard InChI is InChI=1S/C40H37FN4O6/c1-2-31(24-5-11-29(46)12-6-24)37(26-7-13-30(47)14-8-26)25-3-9-28(10-4-25)44-19-17-43(18-20-44)23-27-21-32-33(22-34(27)41)40(51)45(39(32)50)35-15-16-36(48)42-38(35)49/h3-14,21-22,35,46-47H,2,15-20,23H2,1H3,(H,42,48,49). The quantitative estimate of drug-likeness (QED) is 0.167. The molecule has 3 N–H and O–H groups in total. The van der Waals surface area contributed by atoms with Gasteiger partial charge >= 0.3 is 0 Å². The smallest absolute Gasteiger partial charge is 0.262 e. The van der Waals surface area contributed by atoms with Crippen LogP contribution >= 0.6 is 0 Å². The lowest BCUT2D eigenvalue weighted by atomic mass is 9.88. The van der Waals surface area contributed by atoms with Crippen molar-refractivity contribution in [2.75, 3.05) is 31.1 Å². The van der Waals surface area contributed by atoms with Crippen LogP contribution in [0.5, 0.6) is 11.5 Å². The highest BCUT2D eigenvalue weighted by Crippen LogP contribution is 2.36. The second-order valence-electron chi connectivity index (χ2n) is 13.0. The van der Waals surface area contributed by atoms with E-state index < -0.39 is 35.5 Å². The number of phenols is 2. The van der Waals surface area contributed by atoms with Crippen molar-refractivity contribution in [1.29, 1.82) is 0 Å². The highest BCUT2D eigenvalue weighted by Gasteiger charge is 2.45. The van der Waals surface area contributed by atoms with Gasteiger partial charge in [0.1, 0.15) is 23.4 Å². The molecule has 7 rings (SSSR count). The fourth-order valence-electron chi connectivity index (χ4n) is 7.23. The van der Waals surface area contributed by atoms with Gasteiger partial charge < -0.3 is 15.1 Å². The van der Waals surface area contributed by atoms with Crippen LogP contribution in [0.1, 0.15) is 69.2 Å². The van der Waals surface area contributed by atoms with Crippen molar-refractivity contribution in [3.63, 3.8) is 0 Å². The van der Waals surface area contributed by atoms with Crippen molar-refractivity contribution in [3.05, 3.63) is 124 Å². The molecule has 3 heterocycles. The average molecular weight is 689 g/mol. The molecule has 1 unspecified atom stereocenters. The molecule has 4 amide bonds. The molecule has 4 aromatic rings. The maximum absolute atomic E-state index is 15.3. The number of imide groups is 2. The topological polar surface area (TPSA) is 130 Å². The van der Waals surface area contributed by atoms with Gasteiger partial charge in [-0.05, 0) is 89.2 Å². The van der Waals surface area contributed by atoms with Crippen LogP contribution in [0.2, 0.25) is 0 Å². The summed E-state index contributed by atoms with van der Waals surface area (Å²) in [5.41, 5.74) is 6.47. The van der Waals surface area contributed by atoms with Gasteiger partial charge in [-0.15, -0.1) is 0 Å². The molecule has 0 spiro atoms. The number of anilines is 1. The first-order chi connectivity index (χ1) is 24.6. The van der Waals surface area contributed by atoms with E-state index in [2.05, 4.69) is 46.3 Å². The van der Waals surface area contributed by atoms with Crippen LogP contribution in [-0.4, -0.2) is 75.9 Å². The number of benzene rings is 4. The molecular formula is C40H37FN4O6. The molecule has 51 heavy (non-hydrogen) atoms. The number of carbonyl (C=O) groups is 4. The van der Waals surface area contributed by atoms with E-state index in [1.807, 2.05) is 24.3 Å². The minimum Gasteiger partial charge on any atom is -0.508 e. The van der Waals surface area contributed by atoms with E-state index >= 15 is 4.39 Å². The number of carbonyl (C=O) groups excluding carboxylic acids is 4. The minimum absolute atomic E-state index is 0.0121. The van der Waals surface area contributed by atoms with Gasteiger partial charge in [0.25, 0.3) is 11.8 Å². The molecule has 1 atom stereocenters. The van der Waals surface area contributed by atoms with Crippen molar-refractivity contribution >= 4 is 40.5 Å². The number of rotatable bonds is 8. The van der Waals surface area contributed by atoms with Crippen LogP contribution in [0.4, 0.5) is 10.1 Å². The zero-order valence-electron chi connectivity index (χ0n) is 28.1. The Morgan fingerprint density at radius 2 is 1.31 bits per heavy atom. The molecule has 2 saturated heterocycles. The molecule has 3 aliphatic heterocycles. The summed E-state index contributed by atoms with van der Waals surface area (Å²) in [5, 5.41) is 22.0. The highest BCUT2D eigenvalue weighted by atomic mass is 19.1. The molecule has 10 nitrogen and oxygen atoms in total. The Kier molecular flexibility index (Phi) is 9.14. The lowest BCUT2D eigenvalue weighted by Gasteiger charge is -2.36. The van der Waals surface area contributed by atoms with E-state index in [1.54, 1.807) is 24.3 Å². The van der Waals surface area contributed by atoms with E-state index in [1.165, 1.54) is 6.07 Å². The summed E-state index contributed by atoms with van der Waals surface area (Å²) in [5.74, 6) is -2.75. The lowest BCUT2D eigenvalue weighted by molar-refractivity contribution is -0.136. The van der Waals surface area contributed by atoms with E-state index in [9.17, 15) is 29.4 Å². The number of hydrogen-bond acceptors (Lipinski definition) is 8. The first-order valence-corrected chi connectivity index (χ1v) is 17.0. The largest absolute Gasteiger partial charge is 0.508 e. The van der Waals surface area contributed by atoms with Gasteiger partial charge in [0.2, 0.25) is 11.8 Å². The second kappa shape index (κ2) is 13.8. The molecule has 260 valence electrons. The summed E-state index contributed by atoms with van der Waals surface area (Å²) in [6, 6.07) is 24.1. The van der Waals surface area contributed by atoms with Crippen molar-refractivity contribution in [2.24, 2.45) is 0 Å². The third kappa shape index (κ3) is 6.60. The van der Waals surface area contributed by atoms with Crippen molar-refractivity contribution in [3.8, 4) is 11.5 Å². The Labute approximate surface area is 294 Å². The van der Waals surface area contributed by atoms with Crippen molar-refractivity contribution < 1.29 is 33.8 Å². The summed E-state index contributed by atoms with van der Waals surface area (Å²) < 4.78 is 15.3. The molecule has 2 fully saturated rings. The molecule has 11 heteroatoms. The molecule has 4 aromatic carbocycles. The Balaban J connectivity index is 1.05. The van der Waals surface area contributed by atoms with Gasteiger partial charge in [-0.25, -0.2) is 4.39 Å². The van der Waals surface area contributed by atoms with Crippen LogP contribution in [0.25, 0.3) is 11.1 Å². The Bertz CT molecular complexity index is 2050. The third-order valence-electron chi connectivity index (χ3n) is 9.92. The maximum Gasteiger partial charge on any atom is 0.262 e. The summed E-state index contributed by atoms with van der Waals surface area (Å²) >= 11 is 0. The van der Waals surface area contributed by atoms with Crippen LogP contribution in [0.3, 0.4) is 0 Å². The first-order valence-electron chi connectivity index (χ1n) is 17.0. The number of hydrogen-bond donors (Lipinski definition) is 3. The monoisotopic (exact) mass is 688 g/mol. The molecule has 0 bridgehead atoms. The van der Waals surface area contributed by atoms with E-state index in [4.69, 9.17) is 0 Å². The molecule has 0 aromatic heterocycles. The number of aromatic hydroxyl groups is 2. The molecule has 0 saturated carbocycles. The van der Waals surface area contributed by atoms with Crippen molar-refractivity contribution in [1.82, 2.24) is 15.1 Å². The SMILES string of the molecule is CCC(=C(c1ccc(O)cc1)c1ccc(N2CCN(Cc3cc4c(cc3F)C(=O)N(C3CCC(=O)NC3=O)C4=O)CC2)cc1)c1ccc(O)cc1. The Morgan fingerprint density at radius 1 is 0.765 bits per heavy atom. The maximum atomic E-state index is 15.3. The van der Waals surface area contributed by atoms with Gasteiger partial charge in [0.05, 0.1) is 11.1 Å². The minimum atomic E-state index is -1.10. The second-order valence-corrected chi connectivity index (χ2v) is 13.0. The molecule has 3 aliphatic rings. The highest BCUT2D eigenvalue weighted by molar-refractivity contribution is 6.23. The number of allylic oxidation sites excluding steroid dienone is 1. The van der Waals surface area contributed by atoms with Gasteiger partial charge in [-0.3, -0.25) is 34.3 Å². The van der Waals surface area contributed by atoms with Crippen molar-refractivity contribution in [2.45, 2.75) is 38.8 Å². The van der Waals surface area contributed by atoms with E-state index in [-0.39, 0.29) is 42.0 Å². The van der Waals surface area contributed by atoms with Gasteiger partial charge in [-0.1, -0.05) is 43.3 Å². The zero-order valence-corrected chi connectivity index (χ0v) is 28.1. The molecule has 0 radical (unpaired) electrons. The number of halogens is 1. The Hall–Kier alpha value is -5.81. The predicted octanol–water partition coefficient (Wildman–Crippen LogP) is 5.33. The Morgan fingerprint density at radius 3 is 1.88 bits per heavy atom. The summed E-state index contributed by atoms with van der Waals surface area (Å²) in [6.07, 6.45) is 0.796. The predicted molar refractivity (Wildman–Crippen MR) is 189 cm³/mol. The number of piperazine rings is 1. The number of fused-ring (bicyclic) bond motifs is 1. The van der Waals surface area contributed by atoms with E-state index in [0.29, 0.717) is 31.7 Å². The third-order valence-corrected chi connectivity index (χ3v) is 9.92. The fourth-order valence-corrected chi connectivity index (χ4v) is 7.23. The lowest BCUT2D eigenvalue weighted by Crippen LogP contribution is -2.54. The first kappa shape index (κ1) is 33.7. The summed E-state index contributed by atoms with van der Waals surface area (Å²) in [6.45, 7) is 5.03. The number of nitrogens with zero attached hydrogens (tertiary/aromatic N) is 3. The fraction of sp³-hybridized carbons (Fsp3) is 0.250. The number of amides is 4. The van der Waals surface area contributed by atoms with Gasteiger partial charge in [0, 0.05) is 50.4 Å². The summed E-state index contributed by atoms with van der Waals surface area (Å²) in [4.78, 5) is 55.5. The number of nitrogens with one attached hydrogen (secondary N) is 1. The van der Waals surface area contributed by atoms with Gasteiger partial charge in [-0.2, -0.15) is 0 Å². The van der Waals surface area contributed by atoms with Crippen LogP contribution in [0.15, 0.2) is 84.9 Å². The average Bonchev–Trinajstić information content (AvgIpc) is 3.36. The zero-order chi connectivity index (χ0) is 35.8. The van der Waals surface area contributed by atoms with E-state index in [0.717, 1.165) is 50.9 Å².